The number of rotatable bonds is 9. The summed E-state index contributed by atoms with van der Waals surface area (Å²) in [6.45, 7) is 4.45. The van der Waals surface area contributed by atoms with E-state index in [9.17, 15) is 4.79 Å². The van der Waals surface area contributed by atoms with E-state index >= 15 is 0 Å². The number of hydrogen-bond donors (Lipinski definition) is 1. The molecule has 156 valence electrons. The van der Waals surface area contributed by atoms with Crippen LogP contribution in [0.15, 0.2) is 72.8 Å². The third-order valence-corrected chi connectivity index (χ3v) is 5.00. The Morgan fingerprint density at radius 3 is 2.33 bits per heavy atom. The zero-order valence-electron chi connectivity index (χ0n) is 17.9. The molecule has 0 unspecified atom stereocenters. The molecule has 1 amide bonds. The largest absolute Gasteiger partial charge is 0.496 e. The number of carbonyl (C=O) groups excluding carboxylic acids is 1. The summed E-state index contributed by atoms with van der Waals surface area (Å²) in [5.74, 6) is 1.39. The van der Waals surface area contributed by atoms with Crippen molar-refractivity contribution >= 4 is 5.91 Å². The highest BCUT2D eigenvalue weighted by atomic mass is 16.5. The lowest BCUT2D eigenvalue weighted by Crippen LogP contribution is -2.32. The molecule has 0 saturated heterocycles. The molecule has 0 aromatic heterocycles. The minimum atomic E-state index is -0.0768. The molecule has 0 saturated carbocycles. The van der Waals surface area contributed by atoms with Crippen molar-refractivity contribution in [3.63, 3.8) is 0 Å². The van der Waals surface area contributed by atoms with Gasteiger partial charge in [-0.05, 0) is 54.8 Å². The summed E-state index contributed by atoms with van der Waals surface area (Å²) in [5, 5.41) is 3.04. The van der Waals surface area contributed by atoms with Crippen LogP contribution in [-0.2, 0) is 6.61 Å². The molecule has 3 rings (SSSR count). The number of benzene rings is 3. The third-order valence-electron chi connectivity index (χ3n) is 5.00. The predicted molar refractivity (Wildman–Crippen MR) is 121 cm³/mol. The van der Waals surface area contributed by atoms with Crippen molar-refractivity contribution in [2.45, 2.75) is 39.3 Å². The fourth-order valence-corrected chi connectivity index (χ4v) is 3.38. The molecule has 0 fully saturated rings. The van der Waals surface area contributed by atoms with Gasteiger partial charge in [-0.3, -0.25) is 4.79 Å². The average Bonchev–Trinajstić information content (AvgIpc) is 2.78. The Kier molecular flexibility index (Phi) is 7.50. The maximum Gasteiger partial charge on any atom is 0.251 e. The zero-order valence-corrected chi connectivity index (χ0v) is 17.9. The van der Waals surface area contributed by atoms with Crippen molar-refractivity contribution in [2.75, 3.05) is 7.11 Å². The van der Waals surface area contributed by atoms with E-state index in [0.717, 1.165) is 29.7 Å². The second-order valence-electron chi connectivity index (χ2n) is 7.37. The van der Waals surface area contributed by atoms with Gasteiger partial charge in [0.1, 0.15) is 18.1 Å². The second-order valence-corrected chi connectivity index (χ2v) is 7.37. The van der Waals surface area contributed by atoms with Crippen LogP contribution in [0.3, 0.4) is 0 Å². The molecule has 0 bridgehead atoms. The number of hydrogen-bond acceptors (Lipinski definition) is 3. The predicted octanol–water partition coefficient (Wildman–Crippen LogP) is 5.86. The van der Waals surface area contributed by atoms with E-state index in [0.29, 0.717) is 17.9 Å². The van der Waals surface area contributed by atoms with Gasteiger partial charge in [0.25, 0.3) is 5.91 Å². The van der Waals surface area contributed by atoms with Crippen LogP contribution in [-0.4, -0.2) is 19.1 Å². The van der Waals surface area contributed by atoms with Gasteiger partial charge >= 0.3 is 0 Å². The minimum absolute atomic E-state index is 0.0768. The Morgan fingerprint density at radius 1 is 0.967 bits per heavy atom. The summed E-state index contributed by atoms with van der Waals surface area (Å²) in [7, 11) is 1.62. The van der Waals surface area contributed by atoms with Gasteiger partial charge in [0, 0.05) is 17.2 Å². The number of methoxy groups -OCH3 is 1. The van der Waals surface area contributed by atoms with Crippen LogP contribution in [0.1, 0.15) is 42.6 Å². The molecule has 0 heterocycles. The van der Waals surface area contributed by atoms with Crippen LogP contribution in [0.5, 0.6) is 11.5 Å². The minimum Gasteiger partial charge on any atom is -0.496 e. The molecule has 3 aromatic carbocycles. The molecule has 4 nitrogen and oxygen atoms in total. The molecule has 0 aliphatic heterocycles. The van der Waals surface area contributed by atoms with Crippen molar-refractivity contribution in [1.29, 1.82) is 0 Å². The summed E-state index contributed by atoms with van der Waals surface area (Å²) in [5.41, 5.74) is 3.75. The fourth-order valence-electron chi connectivity index (χ4n) is 3.38. The molecular weight excluding hydrogens is 374 g/mol. The Labute approximate surface area is 178 Å². The van der Waals surface area contributed by atoms with Crippen LogP contribution in [0.2, 0.25) is 0 Å². The van der Waals surface area contributed by atoms with E-state index in [1.165, 1.54) is 5.56 Å². The van der Waals surface area contributed by atoms with Gasteiger partial charge in [0.2, 0.25) is 0 Å². The van der Waals surface area contributed by atoms with E-state index in [2.05, 4.69) is 24.4 Å². The van der Waals surface area contributed by atoms with Crippen LogP contribution in [0, 0.1) is 0 Å². The smallest absolute Gasteiger partial charge is 0.251 e. The molecule has 30 heavy (non-hydrogen) atoms. The highest BCUT2D eigenvalue weighted by Gasteiger charge is 2.13. The Morgan fingerprint density at radius 2 is 1.67 bits per heavy atom. The molecule has 0 radical (unpaired) electrons. The van der Waals surface area contributed by atoms with Crippen molar-refractivity contribution < 1.29 is 14.3 Å². The number of amides is 1. The highest BCUT2D eigenvalue weighted by Crippen LogP contribution is 2.25. The highest BCUT2D eigenvalue weighted by molar-refractivity contribution is 5.94. The number of carbonyl (C=O) groups is 1. The first-order chi connectivity index (χ1) is 14.6. The van der Waals surface area contributed by atoms with Crippen molar-refractivity contribution in [1.82, 2.24) is 5.32 Å². The Hall–Kier alpha value is -3.27. The van der Waals surface area contributed by atoms with Gasteiger partial charge in [0.15, 0.2) is 0 Å². The van der Waals surface area contributed by atoms with Crippen LogP contribution in [0.25, 0.3) is 11.1 Å². The van der Waals surface area contributed by atoms with Gasteiger partial charge in [-0.25, -0.2) is 0 Å². The number of nitrogens with one attached hydrogen (secondary N) is 1. The van der Waals surface area contributed by atoms with E-state index in [4.69, 9.17) is 9.47 Å². The molecular formula is C26H29NO3. The second kappa shape index (κ2) is 10.5. The first kappa shape index (κ1) is 21.4. The molecule has 0 aliphatic carbocycles. The van der Waals surface area contributed by atoms with E-state index < -0.39 is 0 Å². The standard InChI is InChI=1S/C26H29NO3/c1-4-8-19(2)27-26(28)22-13-16-25(29-3)23(17-22)18-30-24-14-11-21(12-15-24)20-9-6-5-7-10-20/h5-7,9-17,19H,4,8,18H2,1-3H3,(H,27,28)/t19-/m1/s1. The van der Waals surface area contributed by atoms with Gasteiger partial charge in [-0.15, -0.1) is 0 Å². The molecule has 0 spiro atoms. The van der Waals surface area contributed by atoms with Gasteiger partial charge in [0.05, 0.1) is 7.11 Å². The first-order valence-electron chi connectivity index (χ1n) is 10.4. The lowest BCUT2D eigenvalue weighted by atomic mass is 10.1. The van der Waals surface area contributed by atoms with Crippen molar-refractivity contribution in [3.05, 3.63) is 83.9 Å². The quantitative estimate of drug-likeness (QED) is 0.487. The maximum absolute atomic E-state index is 12.5. The molecule has 3 aromatic rings. The van der Waals surface area contributed by atoms with Crippen LogP contribution in [0.4, 0.5) is 0 Å². The molecule has 4 heteroatoms. The summed E-state index contributed by atoms with van der Waals surface area (Å²) in [6.07, 6.45) is 1.99. The normalized spacial score (nSPS) is 11.6. The van der Waals surface area contributed by atoms with Crippen molar-refractivity contribution in [3.8, 4) is 22.6 Å². The molecule has 0 aliphatic rings. The third kappa shape index (κ3) is 5.63. The Bertz CT molecular complexity index is 952. The monoisotopic (exact) mass is 403 g/mol. The lowest BCUT2D eigenvalue weighted by molar-refractivity contribution is 0.0938. The van der Waals surface area contributed by atoms with E-state index in [-0.39, 0.29) is 11.9 Å². The zero-order chi connectivity index (χ0) is 21.3. The maximum atomic E-state index is 12.5. The van der Waals surface area contributed by atoms with Gasteiger partial charge in [-0.1, -0.05) is 55.8 Å². The first-order valence-corrected chi connectivity index (χ1v) is 10.4. The SMILES string of the molecule is CCC[C@@H](C)NC(=O)c1ccc(OC)c(COc2ccc(-c3ccccc3)cc2)c1. The lowest BCUT2D eigenvalue weighted by Gasteiger charge is -2.15. The molecule has 1 atom stereocenters. The van der Waals surface area contributed by atoms with Crippen LogP contribution >= 0.6 is 0 Å². The van der Waals surface area contributed by atoms with E-state index in [1.54, 1.807) is 13.2 Å². The molecule has 1 N–H and O–H groups in total. The Balaban J connectivity index is 1.68. The summed E-state index contributed by atoms with van der Waals surface area (Å²) >= 11 is 0. The summed E-state index contributed by atoms with van der Waals surface area (Å²) < 4.78 is 11.4. The van der Waals surface area contributed by atoms with Crippen LogP contribution < -0.4 is 14.8 Å². The van der Waals surface area contributed by atoms with Gasteiger partial charge < -0.3 is 14.8 Å². The topological polar surface area (TPSA) is 47.6 Å². The number of ether oxygens (including phenoxy) is 2. The van der Waals surface area contributed by atoms with Crippen molar-refractivity contribution in [2.24, 2.45) is 0 Å². The fraction of sp³-hybridized carbons (Fsp3) is 0.269. The summed E-state index contributed by atoms with van der Waals surface area (Å²) in [6, 6.07) is 23.8. The van der Waals surface area contributed by atoms with E-state index in [1.807, 2.05) is 61.5 Å². The van der Waals surface area contributed by atoms with Gasteiger partial charge in [-0.2, -0.15) is 0 Å². The average molecular weight is 404 g/mol. The summed E-state index contributed by atoms with van der Waals surface area (Å²) in [4.78, 5) is 12.5.